The summed E-state index contributed by atoms with van der Waals surface area (Å²) in [7, 11) is 0. The molecule has 0 aliphatic carbocycles. The van der Waals surface area contributed by atoms with Gasteiger partial charge in [-0.3, -0.25) is 11.3 Å². The third-order valence-corrected chi connectivity index (χ3v) is 3.81. The zero-order valence-electron chi connectivity index (χ0n) is 10.6. The van der Waals surface area contributed by atoms with Gasteiger partial charge >= 0.3 is 0 Å². The van der Waals surface area contributed by atoms with Gasteiger partial charge in [-0.1, -0.05) is 6.07 Å². The molecule has 0 saturated carbocycles. The van der Waals surface area contributed by atoms with Crippen molar-refractivity contribution < 1.29 is 17.6 Å². The molecule has 0 radical (unpaired) electrons. The fourth-order valence-corrected chi connectivity index (χ4v) is 2.63. The molecule has 1 atom stereocenters. The van der Waals surface area contributed by atoms with E-state index in [1.807, 2.05) is 0 Å². The molecule has 0 aliphatic heterocycles. The maximum atomic E-state index is 13.5. The van der Waals surface area contributed by atoms with Gasteiger partial charge in [0, 0.05) is 6.07 Å². The monoisotopic (exact) mass is 362 g/mol. The average Bonchev–Trinajstić information content (AvgIpc) is 2.42. The number of nitrogens with one attached hydrogen (secondary N) is 1. The van der Waals surface area contributed by atoms with Gasteiger partial charge in [0.05, 0.1) is 10.5 Å². The van der Waals surface area contributed by atoms with Crippen LogP contribution >= 0.6 is 15.9 Å². The van der Waals surface area contributed by atoms with Gasteiger partial charge in [0.25, 0.3) is 0 Å². The van der Waals surface area contributed by atoms with Gasteiger partial charge in [-0.05, 0) is 51.7 Å². The van der Waals surface area contributed by atoms with Crippen LogP contribution in [0.3, 0.4) is 0 Å². The Balaban J connectivity index is 2.34. The Morgan fingerprint density at radius 2 is 1.67 bits per heavy atom. The molecule has 112 valence electrons. The number of hydrogen-bond acceptors (Lipinski definition) is 2. The summed E-state index contributed by atoms with van der Waals surface area (Å²) < 4.78 is 52.9. The molecule has 0 fully saturated rings. The third-order valence-electron chi connectivity index (χ3n) is 3.00. The Hall–Kier alpha value is -1.44. The fraction of sp³-hybridized carbons (Fsp3) is 0.143. The van der Waals surface area contributed by atoms with E-state index in [0.717, 1.165) is 24.3 Å². The molecule has 2 aromatic rings. The zero-order valence-corrected chi connectivity index (χ0v) is 12.2. The van der Waals surface area contributed by atoms with Crippen LogP contribution in [0.1, 0.15) is 17.2 Å². The lowest BCUT2D eigenvalue weighted by atomic mass is 9.99. The average molecular weight is 363 g/mol. The summed E-state index contributed by atoms with van der Waals surface area (Å²) >= 11 is 2.96. The van der Waals surface area contributed by atoms with Crippen LogP contribution in [-0.2, 0) is 6.42 Å². The summed E-state index contributed by atoms with van der Waals surface area (Å²) in [5.74, 6) is 1.93. The van der Waals surface area contributed by atoms with Crippen molar-refractivity contribution in [1.29, 1.82) is 0 Å². The Labute approximate surface area is 127 Å². The third kappa shape index (κ3) is 3.61. The van der Waals surface area contributed by atoms with Gasteiger partial charge in [-0.2, -0.15) is 0 Å². The Bertz CT molecular complexity index is 643. The summed E-state index contributed by atoms with van der Waals surface area (Å²) in [5.41, 5.74) is 3.12. The molecule has 0 amide bonds. The normalized spacial score (nSPS) is 12.5. The lowest BCUT2D eigenvalue weighted by Gasteiger charge is -2.18. The van der Waals surface area contributed by atoms with Gasteiger partial charge < -0.3 is 0 Å². The van der Waals surface area contributed by atoms with Gasteiger partial charge in [0.2, 0.25) is 0 Å². The molecule has 0 saturated heterocycles. The first-order valence-electron chi connectivity index (χ1n) is 5.97. The lowest BCUT2D eigenvalue weighted by molar-refractivity contribution is 0.490. The van der Waals surface area contributed by atoms with Crippen LogP contribution < -0.4 is 11.3 Å². The van der Waals surface area contributed by atoms with Gasteiger partial charge in [-0.15, -0.1) is 0 Å². The first-order valence-corrected chi connectivity index (χ1v) is 6.76. The molecule has 0 aromatic heterocycles. The second kappa shape index (κ2) is 6.55. The zero-order chi connectivity index (χ0) is 15.6. The molecule has 7 heteroatoms. The SMILES string of the molecule is NNC(Cc1cc(F)cc(F)c1)c1ccc(F)c(F)c1Br. The molecule has 21 heavy (non-hydrogen) atoms. The largest absolute Gasteiger partial charge is 0.271 e. The van der Waals surface area contributed by atoms with E-state index in [0.29, 0.717) is 11.1 Å². The van der Waals surface area contributed by atoms with E-state index in [4.69, 9.17) is 5.84 Å². The fourth-order valence-electron chi connectivity index (χ4n) is 2.03. The number of hydrogen-bond donors (Lipinski definition) is 2. The van der Waals surface area contributed by atoms with Crippen molar-refractivity contribution in [2.24, 2.45) is 5.84 Å². The van der Waals surface area contributed by atoms with Crippen molar-refractivity contribution in [1.82, 2.24) is 5.43 Å². The molecule has 2 rings (SSSR count). The number of halogens is 5. The van der Waals surface area contributed by atoms with E-state index in [1.54, 1.807) is 0 Å². The van der Waals surface area contributed by atoms with Crippen LogP contribution in [0.4, 0.5) is 17.6 Å². The van der Waals surface area contributed by atoms with Crippen LogP contribution in [0.15, 0.2) is 34.8 Å². The highest BCUT2D eigenvalue weighted by atomic mass is 79.9. The predicted octanol–water partition coefficient (Wildman–Crippen LogP) is 3.75. The van der Waals surface area contributed by atoms with Gasteiger partial charge in [0.1, 0.15) is 11.6 Å². The molecule has 3 N–H and O–H groups in total. The molecule has 1 unspecified atom stereocenters. The summed E-state index contributed by atoms with van der Waals surface area (Å²) in [6, 6.07) is 4.73. The highest BCUT2D eigenvalue weighted by Gasteiger charge is 2.19. The van der Waals surface area contributed by atoms with Crippen molar-refractivity contribution in [2.45, 2.75) is 12.5 Å². The number of nitrogens with two attached hydrogens (primary N) is 1. The number of benzene rings is 2. The van der Waals surface area contributed by atoms with Crippen molar-refractivity contribution in [3.63, 3.8) is 0 Å². The van der Waals surface area contributed by atoms with Crippen molar-refractivity contribution in [2.75, 3.05) is 0 Å². The highest BCUT2D eigenvalue weighted by Crippen LogP contribution is 2.29. The minimum atomic E-state index is -1.04. The topological polar surface area (TPSA) is 38.0 Å². The molecule has 0 spiro atoms. The van der Waals surface area contributed by atoms with Crippen LogP contribution in [0.2, 0.25) is 0 Å². The summed E-state index contributed by atoms with van der Waals surface area (Å²) in [6.45, 7) is 0. The molecule has 2 nitrogen and oxygen atoms in total. The Morgan fingerprint density at radius 3 is 2.24 bits per heavy atom. The van der Waals surface area contributed by atoms with E-state index in [9.17, 15) is 17.6 Å². The van der Waals surface area contributed by atoms with Crippen LogP contribution in [0.25, 0.3) is 0 Å². The molecular weight excluding hydrogens is 352 g/mol. The van der Waals surface area contributed by atoms with E-state index in [-0.39, 0.29) is 10.9 Å². The standard InChI is InChI=1S/C14H11BrF4N2/c15-13-10(1-2-11(18)14(13)19)12(21-20)5-7-3-8(16)6-9(17)4-7/h1-4,6,12,21H,5,20H2. The van der Waals surface area contributed by atoms with Gasteiger partial charge in [0.15, 0.2) is 11.6 Å². The first-order chi connectivity index (χ1) is 9.92. The highest BCUT2D eigenvalue weighted by molar-refractivity contribution is 9.10. The summed E-state index contributed by atoms with van der Waals surface area (Å²) in [5, 5.41) is 0. The second-order valence-electron chi connectivity index (χ2n) is 4.47. The first kappa shape index (κ1) is 15.9. The second-order valence-corrected chi connectivity index (χ2v) is 5.26. The smallest absolute Gasteiger partial charge is 0.173 e. The van der Waals surface area contributed by atoms with Gasteiger partial charge in [-0.25, -0.2) is 17.6 Å². The molecule has 0 aliphatic rings. The lowest BCUT2D eigenvalue weighted by Crippen LogP contribution is -2.30. The van der Waals surface area contributed by atoms with Crippen LogP contribution in [0.5, 0.6) is 0 Å². The number of hydrazine groups is 1. The molecule has 2 aromatic carbocycles. The number of rotatable bonds is 4. The maximum Gasteiger partial charge on any atom is 0.173 e. The summed E-state index contributed by atoms with van der Waals surface area (Å²) in [4.78, 5) is 0. The Kier molecular flexibility index (Phi) is 4.97. The van der Waals surface area contributed by atoms with E-state index in [1.165, 1.54) is 6.07 Å². The van der Waals surface area contributed by atoms with E-state index < -0.39 is 29.3 Å². The van der Waals surface area contributed by atoms with Crippen molar-refractivity contribution >= 4 is 15.9 Å². The van der Waals surface area contributed by atoms with Crippen LogP contribution in [0, 0.1) is 23.3 Å². The summed E-state index contributed by atoms with van der Waals surface area (Å²) in [6.07, 6.45) is 0.106. The minimum Gasteiger partial charge on any atom is -0.271 e. The molecular formula is C14H11BrF4N2. The predicted molar refractivity (Wildman–Crippen MR) is 74.2 cm³/mol. The Morgan fingerprint density at radius 1 is 1.05 bits per heavy atom. The molecule has 0 bridgehead atoms. The van der Waals surface area contributed by atoms with Crippen molar-refractivity contribution in [3.05, 3.63) is 69.2 Å². The van der Waals surface area contributed by atoms with E-state index >= 15 is 0 Å². The van der Waals surface area contributed by atoms with Crippen LogP contribution in [-0.4, -0.2) is 0 Å². The molecule has 0 heterocycles. The van der Waals surface area contributed by atoms with E-state index in [2.05, 4.69) is 21.4 Å². The van der Waals surface area contributed by atoms with Crippen molar-refractivity contribution in [3.8, 4) is 0 Å². The quantitative estimate of drug-likeness (QED) is 0.376. The maximum absolute atomic E-state index is 13.5. The minimum absolute atomic E-state index is 0.0812.